The number of benzene rings is 2. The molecule has 0 spiro atoms. The Morgan fingerprint density at radius 2 is 1.52 bits per heavy atom. The van der Waals surface area contributed by atoms with Gasteiger partial charge in [0.25, 0.3) is 0 Å². The molecule has 0 N–H and O–H groups in total. The highest BCUT2D eigenvalue weighted by atomic mass is 79.9. The van der Waals surface area contributed by atoms with Crippen LogP contribution < -0.4 is 9.47 Å². The standard InChI is InChI=1S/C21H23BrO3/c1-23-17-11-12-18(24-2)20-19(17)15-5-3-4-6-16(15)25-21(20)13-7-9-14(22)10-8-13/h7-12,15-16,21H,3-6H2,1-2H3/t15-,16-,21+/m0/s1. The summed E-state index contributed by atoms with van der Waals surface area (Å²) in [5.74, 6) is 2.23. The van der Waals surface area contributed by atoms with E-state index in [2.05, 4.69) is 40.2 Å². The largest absolute Gasteiger partial charge is 0.496 e. The molecule has 3 nitrogen and oxygen atoms in total. The molecular formula is C21H23BrO3. The van der Waals surface area contributed by atoms with Crippen molar-refractivity contribution < 1.29 is 14.2 Å². The predicted octanol–water partition coefficient (Wildman–Crippen LogP) is 5.61. The van der Waals surface area contributed by atoms with Gasteiger partial charge in [0.15, 0.2) is 0 Å². The molecule has 2 aromatic carbocycles. The lowest BCUT2D eigenvalue weighted by Crippen LogP contribution is -2.34. The van der Waals surface area contributed by atoms with Crippen molar-refractivity contribution >= 4 is 15.9 Å². The van der Waals surface area contributed by atoms with Crippen LogP contribution in [-0.4, -0.2) is 20.3 Å². The summed E-state index contributed by atoms with van der Waals surface area (Å²) in [5.41, 5.74) is 3.57. The normalized spacial score (nSPS) is 25.0. The molecule has 0 radical (unpaired) electrons. The molecule has 0 bridgehead atoms. The van der Waals surface area contributed by atoms with E-state index >= 15 is 0 Å². The molecule has 2 aromatic rings. The molecule has 0 unspecified atom stereocenters. The van der Waals surface area contributed by atoms with E-state index in [4.69, 9.17) is 14.2 Å². The quantitative estimate of drug-likeness (QED) is 0.667. The molecule has 25 heavy (non-hydrogen) atoms. The van der Waals surface area contributed by atoms with Crippen LogP contribution >= 0.6 is 15.9 Å². The Balaban J connectivity index is 1.91. The van der Waals surface area contributed by atoms with Gasteiger partial charge in [-0.15, -0.1) is 0 Å². The monoisotopic (exact) mass is 402 g/mol. The van der Waals surface area contributed by atoms with Crippen LogP contribution in [-0.2, 0) is 4.74 Å². The highest BCUT2D eigenvalue weighted by molar-refractivity contribution is 9.10. The molecule has 0 aromatic heterocycles. The summed E-state index contributed by atoms with van der Waals surface area (Å²) < 4.78 is 19.2. The highest BCUT2D eigenvalue weighted by Crippen LogP contribution is 2.52. The van der Waals surface area contributed by atoms with E-state index in [0.717, 1.165) is 39.9 Å². The Morgan fingerprint density at radius 1 is 0.880 bits per heavy atom. The van der Waals surface area contributed by atoms with Crippen LogP contribution in [0.1, 0.15) is 54.4 Å². The lowest BCUT2D eigenvalue weighted by Gasteiger charge is -2.42. The molecule has 0 amide bonds. The SMILES string of the molecule is COc1ccc(OC)c2c1[C@@H](c1ccc(Br)cc1)O[C@H]1CCCC[C@H]21. The molecule has 1 fully saturated rings. The Hall–Kier alpha value is -1.52. The van der Waals surface area contributed by atoms with E-state index in [1.54, 1.807) is 14.2 Å². The molecule has 1 saturated carbocycles. The molecule has 1 aliphatic carbocycles. The maximum atomic E-state index is 6.63. The lowest BCUT2D eigenvalue weighted by atomic mass is 9.75. The van der Waals surface area contributed by atoms with E-state index in [1.165, 1.54) is 18.4 Å². The van der Waals surface area contributed by atoms with E-state index in [1.807, 2.05) is 12.1 Å². The predicted molar refractivity (Wildman–Crippen MR) is 102 cm³/mol. The van der Waals surface area contributed by atoms with E-state index in [0.29, 0.717) is 5.92 Å². The Kier molecular flexibility index (Phi) is 4.74. The summed E-state index contributed by atoms with van der Waals surface area (Å²) in [7, 11) is 3.48. The third kappa shape index (κ3) is 2.96. The van der Waals surface area contributed by atoms with Gasteiger partial charge in [-0.05, 0) is 42.7 Å². The number of rotatable bonds is 3. The van der Waals surface area contributed by atoms with Crippen LogP contribution in [0.15, 0.2) is 40.9 Å². The summed E-state index contributed by atoms with van der Waals surface area (Å²) in [6, 6.07) is 12.4. The first-order valence-corrected chi connectivity index (χ1v) is 9.68. The van der Waals surface area contributed by atoms with Crippen molar-refractivity contribution in [2.75, 3.05) is 14.2 Å². The van der Waals surface area contributed by atoms with Crippen LogP contribution in [0.4, 0.5) is 0 Å². The third-order valence-electron chi connectivity index (χ3n) is 5.47. The van der Waals surface area contributed by atoms with Crippen molar-refractivity contribution in [3.63, 3.8) is 0 Å². The smallest absolute Gasteiger partial charge is 0.125 e. The van der Waals surface area contributed by atoms with Gasteiger partial charge in [-0.3, -0.25) is 0 Å². The van der Waals surface area contributed by atoms with Crippen LogP contribution in [0.25, 0.3) is 0 Å². The van der Waals surface area contributed by atoms with Crippen LogP contribution in [0.5, 0.6) is 11.5 Å². The molecule has 0 saturated heterocycles. The Morgan fingerprint density at radius 3 is 2.20 bits per heavy atom. The topological polar surface area (TPSA) is 27.7 Å². The van der Waals surface area contributed by atoms with Crippen molar-refractivity contribution in [3.8, 4) is 11.5 Å². The number of ether oxygens (including phenoxy) is 3. The third-order valence-corrected chi connectivity index (χ3v) is 5.99. The number of hydrogen-bond donors (Lipinski definition) is 0. The average Bonchev–Trinajstić information content (AvgIpc) is 2.67. The zero-order chi connectivity index (χ0) is 17.4. The van der Waals surface area contributed by atoms with Gasteiger partial charge in [-0.2, -0.15) is 0 Å². The van der Waals surface area contributed by atoms with Crippen LogP contribution in [0, 0.1) is 0 Å². The maximum absolute atomic E-state index is 6.63. The lowest BCUT2D eigenvalue weighted by molar-refractivity contribution is -0.0406. The van der Waals surface area contributed by atoms with Crippen molar-refractivity contribution in [1.29, 1.82) is 0 Å². The van der Waals surface area contributed by atoms with Crippen LogP contribution in [0.2, 0.25) is 0 Å². The number of halogens is 1. The Bertz CT molecular complexity index is 756. The number of fused-ring (bicyclic) bond motifs is 3. The molecule has 3 atom stereocenters. The van der Waals surface area contributed by atoms with E-state index in [9.17, 15) is 0 Å². The fourth-order valence-electron chi connectivity index (χ4n) is 4.32. The minimum absolute atomic E-state index is 0.118. The molecule has 2 aliphatic rings. The summed E-state index contributed by atoms with van der Waals surface area (Å²) in [5, 5.41) is 0. The second kappa shape index (κ2) is 7.00. The molecule has 1 aliphatic heterocycles. The maximum Gasteiger partial charge on any atom is 0.125 e. The van der Waals surface area contributed by atoms with Gasteiger partial charge in [0.1, 0.15) is 17.6 Å². The molecule has 1 heterocycles. The van der Waals surface area contributed by atoms with E-state index in [-0.39, 0.29) is 12.2 Å². The highest BCUT2D eigenvalue weighted by Gasteiger charge is 2.41. The summed E-state index contributed by atoms with van der Waals surface area (Å²) in [6.45, 7) is 0. The number of hydrogen-bond acceptors (Lipinski definition) is 3. The summed E-state index contributed by atoms with van der Waals surface area (Å²) >= 11 is 3.52. The molecule has 132 valence electrons. The average molecular weight is 403 g/mol. The van der Waals surface area contributed by atoms with Gasteiger partial charge in [0.05, 0.1) is 20.3 Å². The first-order valence-electron chi connectivity index (χ1n) is 8.88. The minimum Gasteiger partial charge on any atom is -0.496 e. The zero-order valence-electron chi connectivity index (χ0n) is 14.6. The minimum atomic E-state index is -0.118. The van der Waals surface area contributed by atoms with Crippen LogP contribution in [0.3, 0.4) is 0 Å². The van der Waals surface area contributed by atoms with Gasteiger partial charge in [-0.1, -0.05) is 40.9 Å². The van der Waals surface area contributed by atoms with Crippen molar-refractivity contribution in [3.05, 3.63) is 57.6 Å². The number of methoxy groups -OCH3 is 2. The van der Waals surface area contributed by atoms with Gasteiger partial charge in [-0.25, -0.2) is 0 Å². The van der Waals surface area contributed by atoms with Crippen molar-refractivity contribution in [1.82, 2.24) is 0 Å². The second-order valence-electron chi connectivity index (χ2n) is 6.79. The molecule has 4 rings (SSSR count). The zero-order valence-corrected chi connectivity index (χ0v) is 16.2. The van der Waals surface area contributed by atoms with Crippen molar-refractivity contribution in [2.24, 2.45) is 0 Å². The first kappa shape index (κ1) is 16.9. The van der Waals surface area contributed by atoms with Crippen molar-refractivity contribution in [2.45, 2.75) is 43.8 Å². The van der Waals surface area contributed by atoms with Gasteiger partial charge < -0.3 is 14.2 Å². The van der Waals surface area contributed by atoms with Gasteiger partial charge >= 0.3 is 0 Å². The Labute approximate surface area is 157 Å². The first-order chi connectivity index (χ1) is 12.2. The second-order valence-corrected chi connectivity index (χ2v) is 7.71. The molecular weight excluding hydrogens is 380 g/mol. The van der Waals surface area contributed by atoms with Gasteiger partial charge in [0, 0.05) is 21.5 Å². The van der Waals surface area contributed by atoms with Gasteiger partial charge in [0.2, 0.25) is 0 Å². The molecule has 4 heteroatoms. The fourth-order valence-corrected chi connectivity index (χ4v) is 4.59. The summed E-state index contributed by atoms with van der Waals surface area (Å²) in [6.07, 6.45) is 4.86. The van der Waals surface area contributed by atoms with E-state index < -0.39 is 0 Å². The summed E-state index contributed by atoms with van der Waals surface area (Å²) in [4.78, 5) is 0. The fraction of sp³-hybridized carbons (Fsp3) is 0.429.